The van der Waals surface area contributed by atoms with Crippen LogP contribution in [0.2, 0.25) is 0 Å². The number of ether oxygens (including phenoxy) is 1. The summed E-state index contributed by atoms with van der Waals surface area (Å²) in [6, 6.07) is 2.66. The fourth-order valence-corrected chi connectivity index (χ4v) is 3.22. The van der Waals surface area contributed by atoms with E-state index in [4.69, 9.17) is 21.7 Å². The average molecular weight is 411 g/mol. The maximum atomic E-state index is 13.0. The predicted octanol–water partition coefficient (Wildman–Crippen LogP) is 3.19. The molecule has 1 aliphatic rings. The van der Waals surface area contributed by atoms with E-state index in [1.54, 1.807) is 19.9 Å². The monoisotopic (exact) mass is 410 g/mol. The van der Waals surface area contributed by atoms with Crippen LogP contribution in [0.25, 0.3) is 0 Å². The molecule has 28 heavy (non-hydrogen) atoms. The third-order valence-corrected chi connectivity index (χ3v) is 4.63. The number of nitrogens with zero attached hydrogens (tertiary/aromatic N) is 1. The molecule has 1 heterocycles. The zero-order valence-corrected chi connectivity index (χ0v) is 16.9. The molecule has 0 fully saturated rings. The second-order valence-electron chi connectivity index (χ2n) is 6.85. The van der Waals surface area contributed by atoms with Gasteiger partial charge in [0.1, 0.15) is 24.4 Å². The number of nitrogens with one attached hydrogen (secondary N) is 3. The van der Waals surface area contributed by atoms with Crippen LogP contribution in [0.5, 0.6) is 0 Å². The molecule has 2 rings (SSSR count). The van der Waals surface area contributed by atoms with Gasteiger partial charge in [-0.25, -0.2) is 9.37 Å². The molecule has 3 N–H and O–H groups in total. The zero-order chi connectivity index (χ0) is 21.0. The van der Waals surface area contributed by atoms with Crippen molar-refractivity contribution in [3.05, 3.63) is 34.2 Å². The topological polar surface area (TPSA) is 104 Å². The molecule has 0 bridgehead atoms. The van der Waals surface area contributed by atoms with Gasteiger partial charge < -0.3 is 20.8 Å². The van der Waals surface area contributed by atoms with Crippen molar-refractivity contribution in [2.24, 2.45) is 11.8 Å². The predicted molar refractivity (Wildman–Crippen MR) is 105 cm³/mol. The second-order valence-corrected chi connectivity index (χ2v) is 7.26. The van der Waals surface area contributed by atoms with Crippen molar-refractivity contribution < 1.29 is 18.7 Å². The molecule has 0 aliphatic heterocycles. The first-order chi connectivity index (χ1) is 13.1. The van der Waals surface area contributed by atoms with Crippen molar-refractivity contribution in [1.82, 2.24) is 10.3 Å². The standard InChI is InChI=1S/C19H24ClFN4O3/c1-9(21)8-28-18-16(17(18)20)14(7-22)11(3)24-19(27)13-5-10(2)23-15(6-13)25-12(4)26/h5-7,9,11,14,16,22H,8H2,1-4H3,(H,24,27)(H,23,25,26)/t9-,11?,14?,16?/m1/s1. The smallest absolute Gasteiger partial charge is 0.251 e. The normalized spacial score (nSPS) is 18.7. The number of halogens is 2. The second kappa shape index (κ2) is 9.14. The Morgan fingerprint density at radius 2 is 2.11 bits per heavy atom. The summed E-state index contributed by atoms with van der Waals surface area (Å²) in [6.45, 7) is 6.12. The van der Waals surface area contributed by atoms with Gasteiger partial charge in [-0.3, -0.25) is 9.59 Å². The minimum absolute atomic E-state index is 0.101. The van der Waals surface area contributed by atoms with Crippen LogP contribution in [0.1, 0.15) is 36.8 Å². The molecule has 0 spiro atoms. The van der Waals surface area contributed by atoms with Crippen LogP contribution in [-0.2, 0) is 9.53 Å². The highest BCUT2D eigenvalue weighted by Gasteiger charge is 2.45. The number of amides is 2. The molecule has 7 nitrogen and oxygen atoms in total. The van der Waals surface area contributed by atoms with E-state index >= 15 is 0 Å². The first-order valence-corrected chi connectivity index (χ1v) is 9.26. The van der Waals surface area contributed by atoms with E-state index in [9.17, 15) is 14.0 Å². The number of carbonyl (C=O) groups excluding carboxylic acids is 2. The molecule has 0 radical (unpaired) electrons. The van der Waals surface area contributed by atoms with Gasteiger partial charge in [-0.2, -0.15) is 0 Å². The van der Waals surface area contributed by atoms with Crippen LogP contribution < -0.4 is 10.6 Å². The first-order valence-electron chi connectivity index (χ1n) is 8.88. The van der Waals surface area contributed by atoms with Crippen molar-refractivity contribution in [2.45, 2.75) is 39.9 Å². The average Bonchev–Trinajstić information content (AvgIpc) is 3.21. The Balaban J connectivity index is 2.04. The van der Waals surface area contributed by atoms with Crippen LogP contribution in [0, 0.1) is 24.2 Å². The van der Waals surface area contributed by atoms with Crippen molar-refractivity contribution >= 4 is 35.4 Å². The van der Waals surface area contributed by atoms with Gasteiger partial charge in [0, 0.05) is 36.4 Å². The van der Waals surface area contributed by atoms with Crippen LogP contribution in [0.3, 0.4) is 0 Å². The molecule has 1 aromatic rings. The molecule has 0 saturated heterocycles. The molecule has 0 aromatic carbocycles. The Morgan fingerprint density at radius 3 is 2.68 bits per heavy atom. The lowest BCUT2D eigenvalue weighted by molar-refractivity contribution is -0.114. The Bertz CT molecular complexity index is 812. The minimum atomic E-state index is -1.12. The van der Waals surface area contributed by atoms with Gasteiger partial charge in [0.15, 0.2) is 0 Å². The Morgan fingerprint density at radius 1 is 1.43 bits per heavy atom. The number of aromatic nitrogens is 1. The Labute approximate surface area is 168 Å². The van der Waals surface area contributed by atoms with Crippen molar-refractivity contribution in [1.29, 1.82) is 5.41 Å². The molecule has 0 saturated carbocycles. The van der Waals surface area contributed by atoms with E-state index < -0.39 is 18.1 Å². The molecular weight excluding hydrogens is 387 g/mol. The Hall–Kier alpha value is -2.48. The van der Waals surface area contributed by atoms with Gasteiger partial charge >= 0.3 is 0 Å². The van der Waals surface area contributed by atoms with Gasteiger partial charge in [0.25, 0.3) is 5.91 Å². The summed E-state index contributed by atoms with van der Waals surface area (Å²) < 4.78 is 18.3. The highest BCUT2D eigenvalue weighted by Crippen LogP contribution is 2.48. The number of hydrogen-bond acceptors (Lipinski definition) is 5. The van der Waals surface area contributed by atoms with Gasteiger partial charge in [0.05, 0.1) is 11.0 Å². The van der Waals surface area contributed by atoms with Crippen molar-refractivity contribution in [3.8, 4) is 0 Å². The van der Waals surface area contributed by atoms with Crippen molar-refractivity contribution in [3.63, 3.8) is 0 Å². The fraction of sp³-hybridized carbons (Fsp3) is 0.474. The number of pyridine rings is 1. The lowest BCUT2D eigenvalue weighted by Crippen LogP contribution is -2.40. The van der Waals surface area contributed by atoms with E-state index in [0.29, 0.717) is 22.0 Å². The molecule has 3 unspecified atom stereocenters. The number of anilines is 1. The van der Waals surface area contributed by atoms with Gasteiger partial charge in [-0.05, 0) is 32.9 Å². The van der Waals surface area contributed by atoms with Gasteiger partial charge in [-0.1, -0.05) is 11.6 Å². The third kappa shape index (κ3) is 5.51. The summed E-state index contributed by atoms with van der Waals surface area (Å²) in [5, 5.41) is 13.5. The summed E-state index contributed by atoms with van der Waals surface area (Å²) in [6.07, 6.45) is 0.0785. The minimum Gasteiger partial charge on any atom is -0.493 e. The number of carbonyl (C=O) groups is 2. The highest BCUT2D eigenvalue weighted by atomic mass is 35.5. The molecule has 9 heteroatoms. The largest absolute Gasteiger partial charge is 0.493 e. The number of rotatable bonds is 9. The number of allylic oxidation sites excluding steroid dienone is 2. The lowest BCUT2D eigenvalue weighted by Gasteiger charge is -2.22. The van der Waals surface area contributed by atoms with E-state index in [1.807, 2.05) is 0 Å². The molecule has 1 aliphatic carbocycles. The number of alkyl halides is 1. The summed E-state index contributed by atoms with van der Waals surface area (Å²) in [7, 11) is 0. The molecule has 2 amide bonds. The third-order valence-electron chi connectivity index (χ3n) is 4.21. The van der Waals surface area contributed by atoms with E-state index in [0.717, 1.165) is 0 Å². The zero-order valence-electron chi connectivity index (χ0n) is 16.2. The maximum Gasteiger partial charge on any atom is 0.251 e. The van der Waals surface area contributed by atoms with Gasteiger partial charge in [0.2, 0.25) is 5.91 Å². The maximum absolute atomic E-state index is 13.0. The summed E-state index contributed by atoms with van der Waals surface area (Å²) in [5.41, 5.74) is 0.917. The molecule has 1 aromatic heterocycles. The summed E-state index contributed by atoms with van der Waals surface area (Å²) >= 11 is 6.13. The van der Waals surface area contributed by atoms with E-state index in [1.165, 1.54) is 26.1 Å². The molecular formula is C19H24ClFN4O3. The Kier molecular flexibility index (Phi) is 7.12. The summed E-state index contributed by atoms with van der Waals surface area (Å²) in [4.78, 5) is 28.0. The fourth-order valence-electron chi connectivity index (χ4n) is 2.86. The van der Waals surface area contributed by atoms with Gasteiger partial charge in [-0.15, -0.1) is 0 Å². The number of hydrogen-bond donors (Lipinski definition) is 3. The molecule has 4 atom stereocenters. The van der Waals surface area contributed by atoms with Crippen LogP contribution in [0.4, 0.5) is 10.2 Å². The quantitative estimate of drug-likeness (QED) is 0.544. The van der Waals surface area contributed by atoms with E-state index in [2.05, 4.69) is 15.6 Å². The SMILES string of the molecule is CC(=O)Nc1cc(C(=O)NC(C)C(C=N)C2C(Cl)=C2OC[C@@H](C)F)cc(C)n1. The first kappa shape index (κ1) is 21.8. The van der Waals surface area contributed by atoms with Crippen LogP contribution >= 0.6 is 11.6 Å². The highest BCUT2D eigenvalue weighted by molar-refractivity contribution is 6.33. The lowest BCUT2D eigenvalue weighted by atomic mass is 9.95. The number of aryl methyl sites for hydroxylation is 1. The van der Waals surface area contributed by atoms with E-state index in [-0.39, 0.29) is 30.2 Å². The summed E-state index contributed by atoms with van der Waals surface area (Å²) in [5.74, 6) is -0.647. The van der Waals surface area contributed by atoms with Crippen LogP contribution in [-0.4, -0.2) is 41.8 Å². The van der Waals surface area contributed by atoms with Crippen LogP contribution in [0.15, 0.2) is 22.9 Å². The van der Waals surface area contributed by atoms with Crippen molar-refractivity contribution in [2.75, 3.05) is 11.9 Å². The molecule has 152 valence electrons.